The molecule has 0 bridgehead atoms. The molecule has 0 aromatic heterocycles. The maximum atomic E-state index is 13.4. The highest BCUT2D eigenvalue weighted by atomic mass is 32.2. The van der Waals surface area contributed by atoms with Crippen LogP contribution < -0.4 is 5.32 Å². The number of ether oxygens (including phenoxy) is 1. The number of hydrogen-bond donors (Lipinski definition) is 2. The van der Waals surface area contributed by atoms with Crippen molar-refractivity contribution in [3.63, 3.8) is 0 Å². The first-order valence-corrected chi connectivity index (χ1v) is 17.1. The van der Waals surface area contributed by atoms with E-state index in [0.717, 1.165) is 66.0 Å². The van der Waals surface area contributed by atoms with Crippen LogP contribution in [0.1, 0.15) is 60.0 Å². The third-order valence-electron chi connectivity index (χ3n) is 8.10. The molecule has 1 aliphatic carbocycles. The van der Waals surface area contributed by atoms with Gasteiger partial charge < -0.3 is 15.2 Å². The molecule has 0 radical (unpaired) electrons. The topological polar surface area (TPSA) is 78.9 Å². The molecule has 0 spiro atoms. The van der Waals surface area contributed by atoms with E-state index in [4.69, 9.17) is 4.74 Å². The Bertz CT molecular complexity index is 1120. The number of aliphatic carboxylic acids is 1. The van der Waals surface area contributed by atoms with Crippen LogP contribution in [0.3, 0.4) is 0 Å². The molecule has 1 amide bonds. The number of benzene rings is 2. The molecule has 2 aromatic rings. The van der Waals surface area contributed by atoms with Gasteiger partial charge in [-0.05, 0) is 78.5 Å². The largest absolute Gasteiger partial charge is 0.480 e. The van der Waals surface area contributed by atoms with Crippen LogP contribution in [0.5, 0.6) is 0 Å². The lowest BCUT2D eigenvalue weighted by molar-refractivity contribution is -0.139. The number of amides is 1. The normalized spacial score (nSPS) is 19.3. The lowest BCUT2D eigenvalue weighted by atomic mass is 9.90. The van der Waals surface area contributed by atoms with E-state index in [-0.39, 0.29) is 5.91 Å². The smallest absolute Gasteiger partial charge is 0.326 e. The van der Waals surface area contributed by atoms with Gasteiger partial charge in [0.05, 0.1) is 6.61 Å². The molecule has 1 saturated heterocycles. The maximum Gasteiger partial charge on any atom is 0.326 e. The second-order valence-corrected chi connectivity index (χ2v) is 13.2. The summed E-state index contributed by atoms with van der Waals surface area (Å²) in [6, 6.07) is 13.5. The first-order valence-electron chi connectivity index (χ1n) is 14.6. The number of rotatable bonds is 13. The van der Waals surface area contributed by atoms with E-state index >= 15 is 0 Å². The number of hydrogen-bond acceptors (Lipinski definition) is 6. The molecule has 4 rings (SSSR count). The molecular weight excluding hydrogens is 540 g/mol. The number of carbonyl (C=O) groups excluding carboxylic acids is 1. The van der Waals surface area contributed by atoms with Crippen molar-refractivity contribution in [1.82, 2.24) is 10.2 Å². The van der Waals surface area contributed by atoms with Crippen LogP contribution in [0, 0.1) is 12.8 Å². The fourth-order valence-electron chi connectivity index (χ4n) is 5.72. The van der Waals surface area contributed by atoms with Gasteiger partial charge in [0.15, 0.2) is 0 Å². The molecule has 6 nitrogen and oxygen atoms in total. The Labute approximate surface area is 248 Å². The minimum Gasteiger partial charge on any atom is -0.480 e. The average molecular weight is 585 g/mol. The zero-order valence-electron chi connectivity index (χ0n) is 23.9. The Kier molecular flexibility index (Phi) is 12.3. The molecule has 2 atom stereocenters. The molecule has 0 unspecified atom stereocenters. The Hall–Kier alpha value is -2.00. The minimum absolute atomic E-state index is 0.346. The van der Waals surface area contributed by atoms with Crippen molar-refractivity contribution in [2.45, 2.75) is 64.1 Å². The second-order valence-electron chi connectivity index (χ2n) is 11.1. The van der Waals surface area contributed by atoms with Crippen molar-refractivity contribution in [3.8, 4) is 11.1 Å². The number of carboxylic acid groups (broad SMARTS) is 1. The van der Waals surface area contributed by atoms with Gasteiger partial charge in [-0.15, -0.1) is 0 Å². The SMILES string of the molecule is CSCC[C@H](NC(=O)c1ccc(CN2CCSC[C@H]2COCC2CCCCC2)cc1-c1ccccc1C)C(=O)O. The van der Waals surface area contributed by atoms with E-state index in [1.165, 1.54) is 32.1 Å². The van der Waals surface area contributed by atoms with E-state index in [1.54, 1.807) is 11.8 Å². The molecule has 40 heavy (non-hydrogen) atoms. The van der Waals surface area contributed by atoms with Gasteiger partial charge in [0.25, 0.3) is 5.91 Å². The van der Waals surface area contributed by atoms with Crippen LogP contribution in [0.4, 0.5) is 0 Å². The number of thioether (sulfide) groups is 2. The van der Waals surface area contributed by atoms with Crippen molar-refractivity contribution < 1.29 is 19.4 Å². The van der Waals surface area contributed by atoms with Gasteiger partial charge in [-0.1, -0.05) is 49.6 Å². The van der Waals surface area contributed by atoms with Gasteiger partial charge in [0.1, 0.15) is 6.04 Å². The van der Waals surface area contributed by atoms with E-state index in [2.05, 4.69) is 16.3 Å². The summed E-state index contributed by atoms with van der Waals surface area (Å²) in [6.45, 7) is 5.50. The molecule has 2 aromatic carbocycles. The van der Waals surface area contributed by atoms with Crippen LogP contribution in [-0.2, 0) is 16.1 Å². The van der Waals surface area contributed by atoms with E-state index in [0.29, 0.717) is 23.8 Å². The van der Waals surface area contributed by atoms with Gasteiger partial charge in [-0.3, -0.25) is 9.69 Å². The molecule has 1 saturated carbocycles. The van der Waals surface area contributed by atoms with E-state index in [9.17, 15) is 14.7 Å². The highest BCUT2D eigenvalue weighted by molar-refractivity contribution is 7.99. The molecule has 1 aliphatic heterocycles. The summed E-state index contributed by atoms with van der Waals surface area (Å²) in [5, 5.41) is 12.4. The number of nitrogens with one attached hydrogen (secondary N) is 1. The first-order chi connectivity index (χ1) is 19.5. The summed E-state index contributed by atoms with van der Waals surface area (Å²) in [7, 11) is 0. The molecule has 2 fully saturated rings. The first kappa shape index (κ1) is 30.9. The predicted molar refractivity (Wildman–Crippen MR) is 167 cm³/mol. The average Bonchev–Trinajstić information content (AvgIpc) is 2.96. The number of carboxylic acids is 1. The zero-order valence-corrected chi connectivity index (χ0v) is 25.5. The monoisotopic (exact) mass is 584 g/mol. The van der Waals surface area contributed by atoms with Gasteiger partial charge in [0, 0.05) is 42.8 Å². The van der Waals surface area contributed by atoms with Gasteiger partial charge >= 0.3 is 5.97 Å². The van der Waals surface area contributed by atoms with Crippen molar-refractivity contribution >= 4 is 35.4 Å². The van der Waals surface area contributed by atoms with Crippen molar-refractivity contribution in [1.29, 1.82) is 0 Å². The fourth-order valence-corrected chi connectivity index (χ4v) is 7.31. The predicted octanol–water partition coefficient (Wildman–Crippen LogP) is 6.11. The van der Waals surface area contributed by atoms with Gasteiger partial charge in [-0.2, -0.15) is 23.5 Å². The molecule has 1 heterocycles. The number of carbonyl (C=O) groups is 2. The third kappa shape index (κ3) is 8.75. The minimum atomic E-state index is -1.00. The quantitative estimate of drug-likeness (QED) is 0.294. The molecule has 2 N–H and O–H groups in total. The standard InChI is InChI=1S/C32H44N2O4S2/c1-23-8-6-7-11-27(23)29-18-25(12-13-28(29)31(35)33-30(32(36)37)14-16-39-2)19-34-15-17-40-22-26(34)21-38-20-24-9-4-3-5-10-24/h6-8,11-13,18,24,26,30H,3-5,9-10,14-17,19-22H2,1-2H3,(H,33,35)(H,36,37)/t26-,30+/m1/s1. The summed E-state index contributed by atoms with van der Waals surface area (Å²) in [4.78, 5) is 27.8. The highest BCUT2D eigenvalue weighted by Crippen LogP contribution is 2.30. The van der Waals surface area contributed by atoms with Crippen LogP contribution in [0.25, 0.3) is 11.1 Å². The maximum absolute atomic E-state index is 13.4. The molecule has 8 heteroatoms. The van der Waals surface area contributed by atoms with Gasteiger partial charge in [-0.25, -0.2) is 4.79 Å². The Morgan fingerprint density at radius 3 is 2.67 bits per heavy atom. The fraction of sp³-hybridized carbons (Fsp3) is 0.562. The summed E-state index contributed by atoms with van der Waals surface area (Å²) in [5.41, 5.74) is 4.58. The van der Waals surface area contributed by atoms with Crippen molar-refractivity contribution in [3.05, 3.63) is 59.2 Å². The van der Waals surface area contributed by atoms with Gasteiger partial charge in [0.2, 0.25) is 0 Å². The number of aryl methyl sites for hydroxylation is 1. The Morgan fingerprint density at radius 1 is 1.12 bits per heavy atom. The zero-order chi connectivity index (χ0) is 28.3. The lowest BCUT2D eigenvalue weighted by Gasteiger charge is -2.35. The molecule has 2 aliphatic rings. The van der Waals surface area contributed by atoms with E-state index in [1.807, 2.05) is 61.3 Å². The summed E-state index contributed by atoms with van der Waals surface area (Å²) in [6.07, 6.45) is 8.97. The molecule has 218 valence electrons. The third-order valence-corrected chi connectivity index (χ3v) is 9.84. The Balaban J connectivity index is 1.51. The van der Waals surface area contributed by atoms with Crippen molar-refractivity contribution in [2.24, 2.45) is 5.92 Å². The summed E-state index contributed by atoms with van der Waals surface area (Å²) >= 11 is 3.57. The lowest BCUT2D eigenvalue weighted by Crippen LogP contribution is -2.44. The van der Waals surface area contributed by atoms with Crippen molar-refractivity contribution in [2.75, 3.05) is 43.3 Å². The van der Waals surface area contributed by atoms with Crippen LogP contribution in [0.2, 0.25) is 0 Å². The number of nitrogens with zero attached hydrogens (tertiary/aromatic N) is 1. The summed E-state index contributed by atoms with van der Waals surface area (Å²) < 4.78 is 6.27. The van der Waals surface area contributed by atoms with Crippen LogP contribution >= 0.6 is 23.5 Å². The Morgan fingerprint density at radius 2 is 1.93 bits per heavy atom. The van der Waals surface area contributed by atoms with E-state index < -0.39 is 12.0 Å². The second kappa shape index (κ2) is 15.9. The molecular formula is C32H44N2O4S2. The highest BCUT2D eigenvalue weighted by Gasteiger charge is 2.26. The van der Waals surface area contributed by atoms with Crippen LogP contribution in [0.15, 0.2) is 42.5 Å². The van der Waals surface area contributed by atoms with Crippen LogP contribution in [-0.4, -0.2) is 77.2 Å². The summed E-state index contributed by atoms with van der Waals surface area (Å²) in [5.74, 6) is 2.22.